The molecule has 0 aromatic carbocycles. The van der Waals surface area contributed by atoms with Gasteiger partial charge in [-0.2, -0.15) is 5.71 Å². The van der Waals surface area contributed by atoms with Gasteiger partial charge in [-0.15, -0.1) is 0 Å². The average molecular weight is 373 g/mol. The summed E-state index contributed by atoms with van der Waals surface area (Å²) in [6, 6.07) is 0. The Morgan fingerprint density at radius 2 is 1.70 bits per heavy atom. The van der Waals surface area contributed by atoms with Gasteiger partial charge in [0, 0.05) is 6.10 Å². The van der Waals surface area contributed by atoms with Gasteiger partial charge in [0.15, 0.2) is 8.32 Å². The van der Waals surface area contributed by atoms with E-state index < -0.39 is 8.32 Å². The zero-order valence-corrected chi connectivity index (χ0v) is 18.3. The van der Waals surface area contributed by atoms with Crippen LogP contribution in [0.5, 0.6) is 0 Å². The molecule has 0 amide bonds. The summed E-state index contributed by atoms with van der Waals surface area (Å²) in [5, 5.41) is 9.74. The van der Waals surface area contributed by atoms with Crippen molar-refractivity contribution in [2.45, 2.75) is 72.7 Å². The minimum Gasteiger partial charge on any atom is -1.00 e. The molecule has 0 aliphatic rings. The third-order valence-electron chi connectivity index (χ3n) is 2.79. The number of nitrogens with zero attached hydrogens (tertiary/aromatic N) is 1. The van der Waals surface area contributed by atoms with Crippen LogP contribution in [0.2, 0.25) is 19.6 Å². The predicted molar refractivity (Wildman–Crippen MR) is 90.5 cm³/mol. The van der Waals surface area contributed by atoms with Crippen LogP contribution in [-0.4, -0.2) is 43.2 Å². The van der Waals surface area contributed by atoms with Crippen molar-refractivity contribution in [3.05, 3.63) is 17.1 Å². The molecule has 0 spiro atoms. The quantitative estimate of drug-likeness (QED) is 0.362. The van der Waals surface area contributed by atoms with Crippen LogP contribution in [0.1, 0.15) is 47.0 Å². The summed E-state index contributed by atoms with van der Waals surface area (Å²) in [5.41, 5.74) is 1.80. The molecule has 0 radical (unpaired) electrons. The maximum Gasteiger partial charge on any atom is 2.00 e. The Morgan fingerprint density at radius 1 is 1.20 bits per heavy atom. The molecular formula is C15H30BrMgNOSi. The fourth-order valence-corrected chi connectivity index (χ4v) is 2.99. The van der Waals surface area contributed by atoms with E-state index in [1.165, 1.54) is 5.57 Å². The normalized spacial score (nSPS) is 13.6. The van der Waals surface area contributed by atoms with Gasteiger partial charge in [0.25, 0.3) is 0 Å². The van der Waals surface area contributed by atoms with Gasteiger partial charge in [-0.3, -0.25) is 0 Å². The summed E-state index contributed by atoms with van der Waals surface area (Å²) in [5.74, 6) is 0.573. The van der Waals surface area contributed by atoms with E-state index in [1.54, 1.807) is 6.92 Å². The van der Waals surface area contributed by atoms with E-state index in [1.807, 2.05) is 0 Å². The van der Waals surface area contributed by atoms with E-state index >= 15 is 0 Å². The van der Waals surface area contributed by atoms with Crippen molar-refractivity contribution in [1.82, 2.24) is 0 Å². The van der Waals surface area contributed by atoms with Crippen LogP contribution in [0, 0.1) is 5.92 Å². The zero-order valence-electron chi connectivity index (χ0n) is 14.3. The SMILES string of the molecule is CC(=[N-])C(CC(C)CCC=C(C)C)O[Si](C)(C)C.[Br-].[Mg+2]. The smallest absolute Gasteiger partial charge is 1.00 e. The maximum atomic E-state index is 9.74. The monoisotopic (exact) mass is 371 g/mol. The van der Waals surface area contributed by atoms with E-state index in [9.17, 15) is 5.41 Å². The van der Waals surface area contributed by atoms with Crippen molar-refractivity contribution in [2.24, 2.45) is 5.92 Å². The fraction of sp³-hybridized carbons (Fsp3) is 0.800. The van der Waals surface area contributed by atoms with Crippen LogP contribution < -0.4 is 17.0 Å². The van der Waals surface area contributed by atoms with Crippen molar-refractivity contribution >= 4 is 37.1 Å². The number of hydrogen-bond donors (Lipinski definition) is 0. The molecule has 0 aliphatic carbocycles. The van der Waals surface area contributed by atoms with Gasteiger partial charge in [0.1, 0.15) is 0 Å². The topological polar surface area (TPSA) is 31.5 Å². The van der Waals surface area contributed by atoms with Gasteiger partial charge in [0.05, 0.1) is 0 Å². The van der Waals surface area contributed by atoms with Crippen LogP contribution in [0.4, 0.5) is 0 Å². The second-order valence-electron chi connectivity index (χ2n) is 6.56. The van der Waals surface area contributed by atoms with Crippen molar-refractivity contribution in [3.8, 4) is 0 Å². The molecule has 114 valence electrons. The minimum absolute atomic E-state index is 0. The number of hydrogen-bond acceptors (Lipinski definition) is 1. The molecule has 0 aromatic rings. The van der Waals surface area contributed by atoms with Crippen molar-refractivity contribution < 1.29 is 21.4 Å². The molecule has 5 heteroatoms. The predicted octanol–water partition coefficient (Wildman–Crippen LogP) is 1.63. The summed E-state index contributed by atoms with van der Waals surface area (Å²) in [7, 11) is -1.59. The Hall–Kier alpha value is 0.833. The third kappa shape index (κ3) is 15.2. The van der Waals surface area contributed by atoms with Crippen molar-refractivity contribution in [2.75, 3.05) is 0 Å². The van der Waals surface area contributed by atoms with Gasteiger partial charge in [0.2, 0.25) is 0 Å². The minimum atomic E-state index is -1.59. The Bertz CT molecular complexity index is 299. The second kappa shape index (κ2) is 12.4. The van der Waals surface area contributed by atoms with Crippen LogP contribution in [0.25, 0.3) is 5.41 Å². The number of allylic oxidation sites excluding steroid dienone is 2. The summed E-state index contributed by atoms with van der Waals surface area (Å²) in [4.78, 5) is 0. The Kier molecular flexibility index (Phi) is 16.0. The largest absolute Gasteiger partial charge is 2.00 e. The Balaban J connectivity index is -0.00000144. The van der Waals surface area contributed by atoms with Crippen LogP contribution in [0.3, 0.4) is 0 Å². The van der Waals surface area contributed by atoms with E-state index in [0.29, 0.717) is 11.6 Å². The van der Waals surface area contributed by atoms with E-state index in [4.69, 9.17) is 4.43 Å². The third-order valence-corrected chi connectivity index (χ3v) is 3.78. The number of halogens is 1. The molecule has 2 nitrogen and oxygen atoms in total. The van der Waals surface area contributed by atoms with Gasteiger partial charge < -0.3 is 26.8 Å². The first-order valence-corrected chi connectivity index (χ1v) is 10.4. The van der Waals surface area contributed by atoms with Crippen LogP contribution >= 0.6 is 0 Å². The van der Waals surface area contributed by atoms with Crippen LogP contribution in [0.15, 0.2) is 11.6 Å². The van der Waals surface area contributed by atoms with Gasteiger partial charge in [-0.25, -0.2) is 0 Å². The maximum absolute atomic E-state index is 9.74. The molecule has 0 saturated carbocycles. The molecule has 0 aromatic heterocycles. The van der Waals surface area contributed by atoms with E-state index in [0.717, 1.165) is 19.3 Å². The Labute approximate surface area is 153 Å². The summed E-state index contributed by atoms with van der Waals surface area (Å²) < 4.78 is 6.03. The van der Waals surface area contributed by atoms with Gasteiger partial charge >= 0.3 is 23.1 Å². The molecule has 20 heavy (non-hydrogen) atoms. The van der Waals surface area contributed by atoms with Crippen LogP contribution in [-0.2, 0) is 4.43 Å². The van der Waals surface area contributed by atoms with E-state index in [2.05, 4.69) is 46.5 Å². The molecule has 2 unspecified atom stereocenters. The van der Waals surface area contributed by atoms with Crippen molar-refractivity contribution in [1.29, 1.82) is 0 Å². The average Bonchev–Trinajstić information content (AvgIpc) is 2.13. The zero-order chi connectivity index (χ0) is 14.3. The molecule has 0 heterocycles. The molecule has 0 saturated heterocycles. The van der Waals surface area contributed by atoms with E-state index in [-0.39, 0.29) is 46.1 Å². The summed E-state index contributed by atoms with van der Waals surface area (Å²) in [6.45, 7) is 14.8. The number of rotatable bonds is 8. The Morgan fingerprint density at radius 3 is 2.05 bits per heavy atom. The molecule has 0 bridgehead atoms. The molecule has 2 atom stereocenters. The molecule has 0 N–H and O–H groups in total. The first-order valence-electron chi connectivity index (χ1n) is 6.95. The first-order chi connectivity index (χ1) is 8.11. The van der Waals surface area contributed by atoms with Gasteiger partial charge in [-0.1, -0.05) is 25.5 Å². The summed E-state index contributed by atoms with van der Waals surface area (Å²) >= 11 is 0. The molecular weight excluding hydrogens is 342 g/mol. The standard InChI is InChI=1S/C15H30NOSi.BrH.Mg/c1-12(2)9-8-10-13(3)11-15(14(4)16)17-18(5,6)7;;/h9,13,15H,8,10-11H2,1-7H3;1H;/q-1;;+2/p-1. The molecule has 0 rings (SSSR count). The first kappa shape index (κ1) is 25.8. The summed E-state index contributed by atoms with van der Waals surface area (Å²) in [6.07, 6.45) is 5.39. The van der Waals surface area contributed by atoms with Gasteiger partial charge in [-0.05, 0) is 58.7 Å². The van der Waals surface area contributed by atoms with Crippen molar-refractivity contribution in [3.63, 3.8) is 0 Å². The molecule has 0 fully saturated rings. The molecule has 0 aliphatic heterocycles. The second-order valence-corrected chi connectivity index (χ2v) is 11.0. The fourth-order valence-electron chi connectivity index (χ4n) is 1.87.